The molecule has 1 aromatic carbocycles. The number of benzene rings is 1. The molecule has 0 unspecified atom stereocenters. The Morgan fingerprint density at radius 3 is 2.71 bits per heavy atom. The molecule has 0 aliphatic rings. The van der Waals surface area contributed by atoms with Crippen LogP contribution < -0.4 is 5.73 Å². The van der Waals surface area contributed by atoms with Crippen molar-refractivity contribution in [3.05, 3.63) is 46.6 Å². The maximum absolute atomic E-state index is 5.88. The van der Waals surface area contributed by atoms with Crippen molar-refractivity contribution < 1.29 is 0 Å². The van der Waals surface area contributed by atoms with Gasteiger partial charge in [-0.3, -0.25) is 0 Å². The zero-order valence-electron chi connectivity index (χ0n) is 9.70. The largest absolute Gasteiger partial charge is 0.397 e. The smallest absolute Gasteiger partial charge is 0.130 e. The first kappa shape index (κ1) is 12.3. The van der Waals surface area contributed by atoms with Crippen molar-refractivity contribution in [2.24, 2.45) is 0 Å². The van der Waals surface area contributed by atoms with Gasteiger partial charge in [-0.2, -0.15) is 0 Å². The number of pyridine rings is 1. The summed E-state index contributed by atoms with van der Waals surface area (Å²) in [6.45, 7) is 4.14. The van der Waals surface area contributed by atoms with Gasteiger partial charge in [0, 0.05) is 4.90 Å². The van der Waals surface area contributed by atoms with Gasteiger partial charge in [0.05, 0.1) is 5.69 Å². The Bertz CT molecular complexity index is 506. The summed E-state index contributed by atoms with van der Waals surface area (Å²) in [5, 5.41) is 1.22. The molecule has 4 heteroatoms. The highest BCUT2D eigenvalue weighted by Crippen LogP contribution is 2.33. The number of nitrogens with zero attached hydrogens (tertiary/aromatic N) is 1. The summed E-state index contributed by atoms with van der Waals surface area (Å²) in [4.78, 5) is 5.40. The molecule has 2 aromatic rings. The Hall–Kier alpha value is -1.19. The third kappa shape index (κ3) is 2.93. The van der Waals surface area contributed by atoms with Crippen LogP contribution in [0.5, 0.6) is 0 Å². The van der Waals surface area contributed by atoms with E-state index in [0.29, 0.717) is 10.8 Å². The minimum atomic E-state index is 0.465. The van der Waals surface area contributed by atoms with Crippen LogP contribution in [0.25, 0.3) is 0 Å². The minimum absolute atomic E-state index is 0.465. The molecule has 2 rings (SSSR count). The van der Waals surface area contributed by atoms with Gasteiger partial charge in [-0.15, -0.1) is 0 Å². The predicted molar refractivity (Wildman–Crippen MR) is 73.7 cm³/mol. The standard InChI is InChI=1S/C13H13ClN2S/c1-8-3-4-9(2)11(7-8)17-13-10(15)5-6-12(14)16-13/h3-7H,15H2,1-2H3. The van der Waals surface area contributed by atoms with E-state index in [2.05, 4.69) is 37.0 Å². The predicted octanol–water partition coefficient (Wildman–Crippen LogP) is 4.09. The third-order valence-corrected chi connectivity index (χ3v) is 3.80. The van der Waals surface area contributed by atoms with Crippen LogP contribution in [-0.2, 0) is 0 Å². The molecular formula is C13H13ClN2S. The summed E-state index contributed by atoms with van der Waals surface area (Å²) in [5.41, 5.74) is 8.97. The van der Waals surface area contributed by atoms with Crippen LogP contribution in [-0.4, -0.2) is 4.98 Å². The van der Waals surface area contributed by atoms with E-state index in [4.69, 9.17) is 17.3 Å². The van der Waals surface area contributed by atoms with E-state index in [-0.39, 0.29) is 0 Å². The molecule has 0 saturated carbocycles. The monoisotopic (exact) mass is 264 g/mol. The van der Waals surface area contributed by atoms with Crippen LogP contribution in [0.15, 0.2) is 40.3 Å². The van der Waals surface area contributed by atoms with Crippen LogP contribution in [0.4, 0.5) is 5.69 Å². The molecule has 0 radical (unpaired) electrons. The van der Waals surface area contributed by atoms with Gasteiger partial charge < -0.3 is 5.73 Å². The number of aromatic nitrogens is 1. The fraction of sp³-hybridized carbons (Fsp3) is 0.154. The number of halogens is 1. The molecule has 0 saturated heterocycles. The number of aryl methyl sites for hydroxylation is 2. The summed E-state index contributed by atoms with van der Waals surface area (Å²) in [6, 6.07) is 9.79. The second-order valence-corrected chi connectivity index (χ2v) is 5.32. The third-order valence-electron chi connectivity index (χ3n) is 2.41. The SMILES string of the molecule is Cc1ccc(C)c(Sc2nc(Cl)ccc2N)c1. The van der Waals surface area contributed by atoms with Crippen molar-refractivity contribution in [1.29, 1.82) is 0 Å². The van der Waals surface area contributed by atoms with Crippen molar-refractivity contribution in [1.82, 2.24) is 4.98 Å². The summed E-state index contributed by atoms with van der Waals surface area (Å²) in [7, 11) is 0. The molecule has 17 heavy (non-hydrogen) atoms. The van der Waals surface area contributed by atoms with Crippen molar-refractivity contribution in [3.8, 4) is 0 Å². The molecule has 88 valence electrons. The lowest BCUT2D eigenvalue weighted by Gasteiger charge is -2.08. The quantitative estimate of drug-likeness (QED) is 0.831. The number of hydrogen-bond acceptors (Lipinski definition) is 3. The average Bonchev–Trinajstić information content (AvgIpc) is 2.28. The molecule has 2 N–H and O–H groups in total. The molecule has 0 spiro atoms. The minimum Gasteiger partial charge on any atom is -0.397 e. The van der Waals surface area contributed by atoms with E-state index in [1.807, 2.05) is 0 Å². The van der Waals surface area contributed by atoms with Crippen molar-refractivity contribution in [2.45, 2.75) is 23.8 Å². The summed E-state index contributed by atoms with van der Waals surface area (Å²) in [6.07, 6.45) is 0. The van der Waals surface area contributed by atoms with Gasteiger partial charge in [0.1, 0.15) is 10.2 Å². The van der Waals surface area contributed by atoms with E-state index < -0.39 is 0 Å². The molecule has 1 aromatic heterocycles. The lowest BCUT2D eigenvalue weighted by Crippen LogP contribution is -1.92. The van der Waals surface area contributed by atoms with Crippen LogP contribution >= 0.6 is 23.4 Å². The van der Waals surface area contributed by atoms with Gasteiger partial charge in [0.2, 0.25) is 0 Å². The molecule has 0 aliphatic carbocycles. The molecule has 0 bridgehead atoms. The summed E-state index contributed by atoms with van der Waals surface area (Å²) >= 11 is 7.42. The normalized spacial score (nSPS) is 10.5. The molecular weight excluding hydrogens is 252 g/mol. The first-order chi connectivity index (χ1) is 8.06. The number of hydrogen-bond donors (Lipinski definition) is 1. The zero-order valence-corrected chi connectivity index (χ0v) is 11.3. The van der Waals surface area contributed by atoms with Crippen LogP contribution in [0.2, 0.25) is 5.15 Å². The molecule has 0 fully saturated rings. The van der Waals surface area contributed by atoms with Crippen molar-refractivity contribution in [2.75, 3.05) is 5.73 Å². The Morgan fingerprint density at radius 2 is 1.94 bits per heavy atom. The Kier molecular flexibility index (Phi) is 3.60. The van der Waals surface area contributed by atoms with Crippen LogP contribution in [0.3, 0.4) is 0 Å². The van der Waals surface area contributed by atoms with E-state index in [1.165, 1.54) is 11.1 Å². The average molecular weight is 265 g/mol. The van der Waals surface area contributed by atoms with E-state index >= 15 is 0 Å². The van der Waals surface area contributed by atoms with Crippen molar-refractivity contribution >= 4 is 29.1 Å². The lowest BCUT2D eigenvalue weighted by molar-refractivity contribution is 1.13. The van der Waals surface area contributed by atoms with Crippen molar-refractivity contribution in [3.63, 3.8) is 0 Å². The van der Waals surface area contributed by atoms with E-state index in [1.54, 1.807) is 23.9 Å². The van der Waals surface area contributed by atoms with Crippen LogP contribution in [0.1, 0.15) is 11.1 Å². The lowest BCUT2D eigenvalue weighted by atomic mass is 10.2. The van der Waals surface area contributed by atoms with Crippen LogP contribution in [0, 0.1) is 13.8 Å². The molecule has 1 heterocycles. The topological polar surface area (TPSA) is 38.9 Å². The summed E-state index contributed by atoms with van der Waals surface area (Å²) < 4.78 is 0. The maximum atomic E-state index is 5.88. The fourth-order valence-corrected chi connectivity index (χ4v) is 2.64. The number of nitrogens with two attached hydrogens (primary N) is 1. The first-order valence-corrected chi connectivity index (χ1v) is 6.43. The highest BCUT2D eigenvalue weighted by molar-refractivity contribution is 7.99. The number of anilines is 1. The van der Waals surface area contributed by atoms with E-state index in [9.17, 15) is 0 Å². The maximum Gasteiger partial charge on any atom is 0.130 e. The summed E-state index contributed by atoms with van der Waals surface area (Å²) in [5.74, 6) is 0. The first-order valence-electron chi connectivity index (χ1n) is 5.23. The molecule has 2 nitrogen and oxygen atoms in total. The Morgan fingerprint density at radius 1 is 1.18 bits per heavy atom. The second-order valence-electron chi connectivity index (χ2n) is 3.90. The second kappa shape index (κ2) is 4.98. The highest BCUT2D eigenvalue weighted by Gasteiger charge is 2.07. The molecule has 0 atom stereocenters. The fourth-order valence-electron chi connectivity index (χ4n) is 1.43. The van der Waals surface area contributed by atoms with Gasteiger partial charge in [-0.25, -0.2) is 4.98 Å². The molecule has 0 amide bonds. The highest BCUT2D eigenvalue weighted by atomic mass is 35.5. The number of nitrogen functional groups attached to an aromatic ring is 1. The van der Waals surface area contributed by atoms with Gasteiger partial charge in [-0.05, 0) is 43.2 Å². The van der Waals surface area contributed by atoms with Gasteiger partial charge in [-0.1, -0.05) is 35.5 Å². The Labute approximate surface area is 110 Å². The van der Waals surface area contributed by atoms with Gasteiger partial charge >= 0.3 is 0 Å². The van der Waals surface area contributed by atoms with Gasteiger partial charge in [0.15, 0.2) is 0 Å². The Balaban J connectivity index is 2.37. The zero-order chi connectivity index (χ0) is 12.4. The number of rotatable bonds is 2. The van der Waals surface area contributed by atoms with E-state index in [0.717, 1.165) is 9.92 Å². The van der Waals surface area contributed by atoms with Gasteiger partial charge in [0.25, 0.3) is 0 Å². The molecule has 0 aliphatic heterocycles.